The number of nitrogens with zero attached hydrogens (tertiary/aromatic N) is 4. The van der Waals surface area contributed by atoms with E-state index in [1.165, 1.54) is 6.07 Å². The average molecular weight is 513 g/mol. The highest BCUT2D eigenvalue weighted by Gasteiger charge is 2.29. The van der Waals surface area contributed by atoms with Gasteiger partial charge in [-0.05, 0) is 44.2 Å². The molecule has 0 aliphatic carbocycles. The van der Waals surface area contributed by atoms with E-state index >= 15 is 0 Å². The largest absolute Gasteiger partial charge is 0.494 e. The molecule has 1 amide bonds. The summed E-state index contributed by atoms with van der Waals surface area (Å²) in [5, 5.41) is 5.07. The summed E-state index contributed by atoms with van der Waals surface area (Å²) in [6.07, 6.45) is 0.753. The van der Waals surface area contributed by atoms with Gasteiger partial charge in [0.2, 0.25) is 0 Å². The zero-order valence-electron chi connectivity index (χ0n) is 22.1. The number of ether oxygens (including phenoxy) is 1. The van der Waals surface area contributed by atoms with Gasteiger partial charge in [0.05, 0.1) is 25.0 Å². The number of hydrogen-bond acceptors (Lipinski definition) is 4. The Balaban J connectivity index is 1.53. The van der Waals surface area contributed by atoms with Gasteiger partial charge in [-0.1, -0.05) is 48.5 Å². The standard InChI is InChI=1S/C31H33FN4O2/c1-22(2)35(31(37)23-11-5-4-6-12-23)21-27-25-20-34(19-24-13-7-8-14-26(24)32)18-17-28(25)36(33-27)29-15-9-10-16-30(29)38-3/h4-16,22H,17-21H2,1-3H3. The van der Waals surface area contributed by atoms with Crippen LogP contribution in [0.15, 0.2) is 78.9 Å². The number of methoxy groups -OCH3 is 1. The summed E-state index contributed by atoms with van der Waals surface area (Å²) in [6.45, 7) is 6.34. The molecule has 0 bridgehead atoms. The molecule has 4 aromatic rings. The summed E-state index contributed by atoms with van der Waals surface area (Å²) in [5.74, 6) is 0.516. The Morgan fingerprint density at radius 1 is 1.03 bits per heavy atom. The molecule has 1 aliphatic heterocycles. The molecule has 0 saturated heterocycles. The monoisotopic (exact) mass is 512 g/mol. The quantitative estimate of drug-likeness (QED) is 0.307. The molecular weight excluding hydrogens is 479 g/mol. The highest BCUT2D eigenvalue weighted by molar-refractivity contribution is 5.94. The van der Waals surface area contributed by atoms with E-state index in [1.54, 1.807) is 13.2 Å². The minimum absolute atomic E-state index is 0.0205. The number of fused-ring (bicyclic) bond motifs is 1. The van der Waals surface area contributed by atoms with Crippen molar-refractivity contribution in [3.8, 4) is 11.4 Å². The molecule has 0 spiro atoms. The van der Waals surface area contributed by atoms with E-state index < -0.39 is 0 Å². The minimum atomic E-state index is -0.192. The van der Waals surface area contributed by atoms with E-state index in [1.807, 2.05) is 90.2 Å². The van der Waals surface area contributed by atoms with Gasteiger partial charge in [-0.15, -0.1) is 0 Å². The Morgan fingerprint density at radius 2 is 1.74 bits per heavy atom. The Kier molecular flexibility index (Phi) is 7.56. The molecule has 1 aromatic heterocycles. The highest BCUT2D eigenvalue weighted by Crippen LogP contribution is 2.31. The molecule has 3 aromatic carbocycles. The number of amides is 1. The van der Waals surface area contributed by atoms with Crippen molar-refractivity contribution in [2.24, 2.45) is 0 Å². The number of halogens is 1. The zero-order valence-corrected chi connectivity index (χ0v) is 22.1. The predicted octanol–water partition coefficient (Wildman–Crippen LogP) is 5.63. The van der Waals surface area contributed by atoms with Gasteiger partial charge >= 0.3 is 0 Å². The Bertz CT molecular complexity index is 1420. The molecule has 5 rings (SSSR count). The summed E-state index contributed by atoms with van der Waals surface area (Å²) >= 11 is 0. The van der Waals surface area contributed by atoms with E-state index in [9.17, 15) is 9.18 Å². The fourth-order valence-corrected chi connectivity index (χ4v) is 5.07. The van der Waals surface area contributed by atoms with Crippen molar-refractivity contribution in [1.29, 1.82) is 0 Å². The maximum absolute atomic E-state index is 14.4. The van der Waals surface area contributed by atoms with Crippen LogP contribution in [-0.4, -0.2) is 45.2 Å². The van der Waals surface area contributed by atoms with Crippen molar-refractivity contribution in [3.63, 3.8) is 0 Å². The third-order valence-corrected chi connectivity index (χ3v) is 7.11. The van der Waals surface area contributed by atoms with E-state index in [0.29, 0.717) is 30.8 Å². The second kappa shape index (κ2) is 11.2. The average Bonchev–Trinajstić information content (AvgIpc) is 3.30. The maximum Gasteiger partial charge on any atom is 0.254 e. The summed E-state index contributed by atoms with van der Waals surface area (Å²) < 4.78 is 22.1. The number of carbonyl (C=O) groups is 1. The second-order valence-electron chi connectivity index (χ2n) is 9.90. The number of aromatic nitrogens is 2. The van der Waals surface area contributed by atoms with Crippen LogP contribution in [0.4, 0.5) is 4.39 Å². The van der Waals surface area contributed by atoms with Crippen LogP contribution in [0, 0.1) is 5.82 Å². The maximum atomic E-state index is 14.4. The number of benzene rings is 3. The van der Waals surface area contributed by atoms with Crippen molar-refractivity contribution in [2.45, 2.75) is 45.9 Å². The van der Waals surface area contributed by atoms with E-state index in [4.69, 9.17) is 9.84 Å². The molecule has 6 nitrogen and oxygen atoms in total. The summed E-state index contributed by atoms with van der Waals surface area (Å²) in [7, 11) is 1.66. The van der Waals surface area contributed by atoms with Gasteiger partial charge in [-0.2, -0.15) is 5.10 Å². The molecule has 0 fully saturated rings. The van der Waals surface area contributed by atoms with Crippen LogP contribution in [-0.2, 0) is 26.1 Å². The number of rotatable bonds is 8. The molecule has 0 unspecified atom stereocenters. The first-order chi connectivity index (χ1) is 18.5. The Hall–Kier alpha value is -3.97. The lowest BCUT2D eigenvalue weighted by atomic mass is 10.0. The normalized spacial score (nSPS) is 13.4. The van der Waals surface area contributed by atoms with Gasteiger partial charge in [0, 0.05) is 48.8 Å². The topological polar surface area (TPSA) is 50.6 Å². The van der Waals surface area contributed by atoms with Crippen molar-refractivity contribution in [1.82, 2.24) is 19.6 Å². The van der Waals surface area contributed by atoms with Gasteiger partial charge < -0.3 is 9.64 Å². The first-order valence-electron chi connectivity index (χ1n) is 13.0. The van der Waals surface area contributed by atoms with Crippen molar-refractivity contribution < 1.29 is 13.9 Å². The number of carbonyl (C=O) groups excluding carboxylic acids is 1. The smallest absolute Gasteiger partial charge is 0.254 e. The lowest BCUT2D eigenvalue weighted by molar-refractivity contribution is 0.0686. The Labute approximate surface area is 223 Å². The van der Waals surface area contributed by atoms with Crippen LogP contribution in [0.3, 0.4) is 0 Å². The highest BCUT2D eigenvalue weighted by atomic mass is 19.1. The third kappa shape index (κ3) is 5.20. The third-order valence-electron chi connectivity index (χ3n) is 7.11. The number of hydrogen-bond donors (Lipinski definition) is 0. The summed E-state index contributed by atoms with van der Waals surface area (Å²) in [6, 6.07) is 24.1. The van der Waals surface area contributed by atoms with Crippen molar-refractivity contribution in [3.05, 3.63) is 113 Å². The second-order valence-corrected chi connectivity index (χ2v) is 9.90. The van der Waals surface area contributed by atoms with E-state index in [0.717, 1.165) is 41.4 Å². The molecule has 0 atom stereocenters. The van der Waals surface area contributed by atoms with Crippen LogP contribution >= 0.6 is 0 Å². The summed E-state index contributed by atoms with van der Waals surface area (Å²) in [5.41, 5.74) is 5.24. The first kappa shape index (κ1) is 25.7. The molecule has 196 valence electrons. The van der Waals surface area contributed by atoms with Crippen LogP contribution in [0.25, 0.3) is 5.69 Å². The minimum Gasteiger partial charge on any atom is -0.494 e. The van der Waals surface area contributed by atoms with Crippen molar-refractivity contribution >= 4 is 5.91 Å². The predicted molar refractivity (Wildman–Crippen MR) is 146 cm³/mol. The molecule has 0 N–H and O–H groups in total. The number of para-hydroxylation sites is 2. The van der Waals surface area contributed by atoms with Crippen LogP contribution < -0.4 is 4.74 Å². The first-order valence-corrected chi connectivity index (χ1v) is 13.0. The van der Waals surface area contributed by atoms with Gasteiger partial charge in [-0.25, -0.2) is 9.07 Å². The van der Waals surface area contributed by atoms with Crippen LogP contribution in [0.5, 0.6) is 5.75 Å². The fraction of sp³-hybridized carbons (Fsp3) is 0.290. The molecular formula is C31H33FN4O2. The zero-order chi connectivity index (χ0) is 26.6. The molecule has 0 radical (unpaired) electrons. The molecule has 1 aliphatic rings. The van der Waals surface area contributed by atoms with E-state index in [2.05, 4.69) is 4.90 Å². The molecule has 7 heteroatoms. The molecule has 38 heavy (non-hydrogen) atoms. The lowest BCUT2D eigenvalue weighted by Gasteiger charge is -2.30. The van der Waals surface area contributed by atoms with Crippen LogP contribution in [0.1, 0.15) is 46.7 Å². The van der Waals surface area contributed by atoms with Crippen molar-refractivity contribution in [2.75, 3.05) is 13.7 Å². The summed E-state index contributed by atoms with van der Waals surface area (Å²) in [4.78, 5) is 17.6. The van der Waals surface area contributed by atoms with Gasteiger partial charge in [0.1, 0.15) is 17.3 Å². The Morgan fingerprint density at radius 3 is 2.47 bits per heavy atom. The van der Waals surface area contributed by atoms with Gasteiger partial charge in [0.15, 0.2) is 0 Å². The molecule has 0 saturated carbocycles. The SMILES string of the molecule is COc1ccccc1-n1nc(CN(C(=O)c2ccccc2)C(C)C)c2c1CCN(Cc1ccccc1F)C2. The fourth-order valence-electron chi connectivity index (χ4n) is 5.07. The van der Waals surface area contributed by atoms with Gasteiger partial charge in [-0.3, -0.25) is 9.69 Å². The molecule has 2 heterocycles. The van der Waals surface area contributed by atoms with Gasteiger partial charge in [0.25, 0.3) is 5.91 Å². The van der Waals surface area contributed by atoms with E-state index in [-0.39, 0.29) is 17.8 Å². The van der Waals surface area contributed by atoms with Crippen LogP contribution in [0.2, 0.25) is 0 Å². The lowest BCUT2D eigenvalue weighted by Crippen LogP contribution is -2.37.